The van der Waals surface area contributed by atoms with Gasteiger partial charge in [-0.15, -0.1) is 0 Å². The summed E-state index contributed by atoms with van der Waals surface area (Å²) in [7, 11) is 0. The zero-order chi connectivity index (χ0) is 11.5. The van der Waals surface area contributed by atoms with Crippen molar-refractivity contribution in [2.24, 2.45) is 0 Å². The maximum Gasteiger partial charge on any atom is 0.0726 e. The number of aromatic nitrogens is 1. The summed E-state index contributed by atoms with van der Waals surface area (Å²) in [4.78, 5) is 6.93. The highest BCUT2D eigenvalue weighted by atomic mass is 15.1. The summed E-state index contributed by atoms with van der Waals surface area (Å²) in [5, 5.41) is 1.25. The molecule has 0 aliphatic carbocycles. The molecule has 0 unspecified atom stereocenters. The van der Waals surface area contributed by atoms with Gasteiger partial charge in [0.05, 0.1) is 5.52 Å². The van der Waals surface area contributed by atoms with E-state index in [0.717, 1.165) is 24.3 Å². The number of benzene rings is 1. The van der Waals surface area contributed by atoms with E-state index in [9.17, 15) is 0 Å². The van der Waals surface area contributed by atoms with Crippen molar-refractivity contribution in [3.05, 3.63) is 36.0 Å². The molecule has 0 amide bonds. The van der Waals surface area contributed by atoms with Gasteiger partial charge in [-0.25, -0.2) is 0 Å². The maximum absolute atomic E-state index is 4.56. The van der Waals surface area contributed by atoms with Gasteiger partial charge < -0.3 is 4.90 Å². The maximum atomic E-state index is 4.56. The molecule has 0 bridgehead atoms. The standard InChI is InChI=1S/C14H18N2/c1-4-16(5-2)14-10-11(3)15-13-9-7-6-8-12(13)14/h6-10H,4-5H2,1-3H3. The Hall–Kier alpha value is -1.57. The number of nitrogens with zero attached hydrogens (tertiary/aromatic N) is 2. The number of anilines is 1. The number of fused-ring (bicyclic) bond motifs is 1. The van der Waals surface area contributed by atoms with Gasteiger partial charge in [0.15, 0.2) is 0 Å². The number of rotatable bonds is 3. The Balaban J connectivity index is 2.66. The third kappa shape index (κ3) is 1.87. The molecule has 16 heavy (non-hydrogen) atoms. The fourth-order valence-electron chi connectivity index (χ4n) is 2.11. The predicted molar refractivity (Wildman–Crippen MR) is 70.0 cm³/mol. The summed E-state index contributed by atoms with van der Waals surface area (Å²) in [6.07, 6.45) is 0. The van der Waals surface area contributed by atoms with Gasteiger partial charge in [0.2, 0.25) is 0 Å². The first-order valence-electron chi connectivity index (χ1n) is 5.87. The minimum Gasteiger partial charge on any atom is -0.371 e. The first kappa shape index (κ1) is 10.9. The number of hydrogen-bond acceptors (Lipinski definition) is 2. The molecule has 0 aliphatic rings. The van der Waals surface area contributed by atoms with E-state index < -0.39 is 0 Å². The van der Waals surface area contributed by atoms with Gasteiger partial charge in [0.25, 0.3) is 0 Å². The second-order valence-corrected chi connectivity index (χ2v) is 3.97. The Morgan fingerprint density at radius 1 is 1.12 bits per heavy atom. The molecule has 0 saturated heterocycles. The Morgan fingerprint density at radius 3 is 2.50 bits per heavy atom. The van der Waals surface area contributed by atoms with Gasteiger partial charge in [-0.3, -0.25) is 4.98 Å². The van der Waals surface area contributed by atoms with Crippen LogP contribution in [0.1, 0.15) is 19.5 Å². The Bertz CT molecular complexity index is 487. The Morgan fingerprint density at radius 2 is 1.81 bits per heavy atom. The van der Waals surface area contributed by atoms with E-state index in [0.29, 0.717) is 0 Å². The predicted octanol–water partition coefficient (Wildman–Crippen LogP) is 3.39. The van der Waals surface area contributed by atoms with Gasteiger partial charge in [-0.05, 0) is 32.9 Å². The summed E-state index contributed by atoms with van der Waals surface area (Å²) < 4.78 is 0. The number of pyridine rings is 1. The van der Waals surface area contributed by atoms with Gasteiger partial charge >= 0.3 is 0 Å². The molecule has 2 nitrogen and oxygen atoms in total. The van der Waals surface area contributed by atoms with E-state index in [1.54, 1.807) is 0 Å². The lowest BCUT2D eigenvalue weighted by atomic mass is 10.1. The summed E-state index contributed by atoms with van der Waals surface area (Å²) in [5.41, 5.74) is 3.47. The normalized spacial score (nSPS) is 10.7. The topological polar surface area (TPSA) is 16.1 Å². The summed E-state index contributed by atoms with van der Waals surface area (Å²) in [5.74, 6) is 0. The van der Waals surface area contributed by atoms with Crippen molar-refractivity contribution in [3.63, 3.8) is 0 Å². The monoisotopic (exact) mass is 214 g/mol. The molecule has 2 rings (SSSR count). The second-order valence-electron chi connectivity index (χ2n) is 3.97. The highest BCUT2D eigenvalue weighted by molar-refractivity contribution is 5.91. The molecule has 1 heterocycles. The molecule has 1 aromatic carbocycles. The van der Waals surface area contributed by atoms with E-state index in [2.05, 4.69) is 54.9 Å². The average Bonchev–Trinajstić information content (AvgIpc) is 2.30. The quantitative estimate of drug-likeness (QED) is 0.778. The molecular weight excluding hydrogens is 196 g/mol. The average molecular weight is 214 g/mol. The van der Waals surface area contributed by atoms with E-state index in [1.807, 2.05) is 6.07 Å². The van der Waals surface area contributed by atoms with Crippen LogP contribution in [-0.4, -0.2) is 18.1 Å². The minimum absolute atomic E-state index is 1.03. The molecule has 0 fully saturated rings. The van der Waals surface area contributed by atoms with Crippen molar-refractivity contribution in [1.29, 1.82) is 0 Å². The largest absolute Gasteiger partial charge is 0.371 e. The molecule has 2 aromatic rings. The van der Waals surface area contributed by atoms with Crippen molar-refractivity contribution in [2.75, 3.05) is 18.0 Å². The first-order chi connectivity index (χ1) is 7.76. The lowest BCUT2D eigenvalue weighted by molar-refractivity contribution is 0.868. The summed E-state index contributed by atoms with van der Waals surface area (Å²) >= 11 is 0. The van der Waals surface area contributed by atoms with Crippen LogP contribution in [0.15, 0.2) is 30.3 Å². The second kappa shape index (κ2) is 4.52. The SMILES string of the molecule is CCN(CC)c1cc(C)nc2ccccc12. The van der Waals surface area contributed by atoms with Crippen molar-refractivity contribution in [2.45, 2.75) is 20.8 Å². The van der Waals surface area contributed by atoms with Crippen LogP contribution in [0.2, 0.25) is 0 Å². The van der Waals surface area contributed by atoms with E-state index in [1.165, 1.54) is 11.1 Å². The molecule has 0 spiro atoms. The third-order valence-corrected chi connectivity index (χ3v) is 2.93. The van der Waals surface area contributed by atoms with Crippen LogP contribution >= 0.6 is 0 Å². The number of hydrogen-bond donors (Lipinski definition) is 0. The van der Waals surface area contributed by atoms with E-state index >= 15 is 0 Å². The fourth-order valence-corrected chi connectivity index (χ4v) is 2.11. The molecule has 0 N–H and O–H groups in total. The zero-order valence-electron chi connectivity index (χ0n) is 10.2. The van der Waals surface area contributed by atoms with Crippen LogP contribution in [0.5, 0.6) is 0 Å². The number of aryl methyl sites for hydroxylation is 1. The third-order valence-electron chi connectivity index (χ3n) is 2.93. The molecule has 1 aromatic heterocycles. The molecule has 0 aliphatic heterocycles. The van der Waals surface area contributed by atoms with Crippen LogP contribution in [0.4, 0.5) is 5.69 Å². The summed E-state index contributed by atoms with van der Waals surface area (Å²) in [6, 6.07) is 10.5. The zero-order valence-corrected chi connectivity index (χ0v) is 10.2. The Kier molecular flexibility index (Phi) is 3.09. The van der Waals surface area contributed by atoms with Crippen LogP contribution in [0.3, 0.4) is 0 Å². The summed E-state index contributed by atoms with van der Waals surface area (Å²) in [6.45, 7) is 8.50. The molecular formula is C14H18N2. The van der Waals surface area contributed by atoms with Crippen molar-refractivity contribution < 1.29 is 0 Å². The Labute approximate surface area is 96.9 Å². The van der Waals surface area contributed by atoms with Crippen LogP contribution in [-0.2, 0) is 0 Å². The molecule has 2 heteroatoms. The van der Waals surface area contributed by atoms with Crippen LogP contribution in [0.25, 0.3) is 10.9 Å². The molecule has 0 saturated carbocycles. The van der Waals surface area contributed by atoms with Crippen molar-refractivity contribution in [1.82, 2.24) is 4.98 Å². The van der Waals surface area contributed by atoms with Crippen LogP contribution < -0.4 is 4.90 Å². The molecule has 0 radical (unpaired) electrons. The van der Waals surface area contributed by atoms with Gasteiger partial charge in [-0.2, -0.15) is 0 Å². The van der Waals surface area contributed by atoms with Gasteiger partial charge in [0, 0.05) is 29.9 Å². The van der Waals surface area contributed by atoms with Gasteiger partial charge in [-0.1, -0.05) is 18.2 Å². The van der Waals surface area contributed by atoms with Crippen molar-refractivity contribution >= 4 is 16.6 Å². The minimum atomic E-state index is 1.03. The highest BCUT2D eigenvalue weighted by Gasteiger charge is 2.08. The lowest BCUT2D eigenvalue weighted by Gasteiger charge is -2.23. The van der Waals surface area contributed by atoms with Gasteiger partial charge in [0.1, 0.15) is 0 Å². The number of para-hydroxylation sites is 1. The first-order valence-corrected chi connectivity index (χ1v) is 5.87. The van der Waals surface area contributed by atoms with E-state index in [-0.39, 0.29) is 0 Å². The van der Waals surface area contributed by atoms with Crippen molar-refractivity contribution in [3.8, 4) is 0 Å². The molecule has 0 atom stereocenters. The van der Waals surface area contributed by atoms with Crippen LogP contribution in [0, 0.1) is 6.92 Å². The highest BCUT2D eigenvalue weighted by Crippen LogP contribution is 2.26. The molecule has 84 valence electrons. The lowest BCUT2D eigenvalue weighted by Crippen LogP contribution is -2.22. The fraction of sp³-hybridized carbons (Fsp3) is 0.357. The van der Waals surface area contributed by atoms with E-state index in [4.69, 9.17) is 0 Å². The smallest absolute Gasteiger partial charge is 0.0726 e.